The first-order valence-electron chi connectivity index (χ1n) is 7.01. The molecule has 0 atom stereocenters. The molecule has 2 rings (SSSR count). The fourth-order valence-corrected chi connectivity index (χ4v) is 1.69. The minimum atomic E-state index is -1.21. The maximum atomic E-state index is 10.8. The Bertz CT molecular complexity index is 851. The van der Waals surface area contributed by atoms with E-state index < -0.39 is 37.6 Å². The van der Waals surface area contributed by atoms with Crippen LogP contribution in [0.4, 0.5) is 22.9 Å². The van der Waals surface area contributed by atoms with Gasteiger partial charge in [-0.2, -0.15) is 0 Å². The zero-order valence-corrected chi connectivity index (χ0v) is 14.0. The Morgan fingerprint density at radius 1 is 1.04 bits per heavy atom. The van der Waals surface area contributed by atoms with E-state index in [1.165, 1.54) is 11.8 Å². The second-order valence-corrected chi connectivity index (χ2v) is 4.87. The first kappa shape index (κ1) is 20.9. The van der Waals surface area contributed by atoms with E-state index in [9.17, 15) is 35.1 Å². The van der Waals surface area contributed by atoms with Gasteiger partial charge in [0.2, 0.25) is 5.91 Å². The molecule has 1 amide bonds. The lowest BCUT2D eigenvalue weighted by molar-refractivity contribution is -0.404. The van der Waals surface area contributed by atoms with Crippen LogP contribution in [0.3, 0.4) is 0 Å². The molecule has 0 bridgehead atoms. The van der Waals surface area contributed by atoms with Crippen molar-refractivity contribution in [1.82, 2.24) is 4.98 Å². The van der Waals surface area contributed by atoms with Gasteiger partial charge >= 0.3 is 11.4 Å². The number of anilines is 1. The number of hydrogen-bond donors (Lipinski definition) is 1. The molecule has 0 aliphatic heterocycles. The molecule has 0 aliphatic carbocycles. The average Bonchev–Trinajstić information content (AvgIpc) is 2.61. The van der Waals surface area contributed by atoms with Gasteiger partial charge in [-0.25, -0.2) is 4.98 Å². The summed E-state index contributed by atoms with van der Waals surface area (Å²) in [5, 5.41) is 40.2. The maximum Gasteiger partial charge on any atom is 0.324 e. The van der Waals surface area contributed by atoms with Crippen molar-refractivity contribution >= 4 is 28.8 Å². The number of hydrogen-bond acceptors (Lipinski definition) is 9. The second-order valence-electron chi connectivity index (χ2n) is 4.87. The summed E-state index contributed by atoms with van der Waals surface area (Å²) in [7, 11) is 1.70. The number of nitro benzene ring substituents is 3. The largest absolute Gasteiger partial charge is 0.497 e. The van der Waals surface area contributed by atoms with Gasteiger partial charge in [-0.05, 0) is 12.1 Å². The molecule has 13 heteroatoms. The van der Waals surface area contributed by atoms with Crippen molar-refractivity contribution in [2.24, 2.45) is 0 Å². The number of aromatic nitrogens is 1. The van der Waals surface area contributed by atoms with Crippen molar-refractivity contribution in [1.29, 1.82) is 0 Å². The topological polar surface area (TPSA) is 183 Å². The van der Waals surface area contributed by atoms with Gasteiger partial charge in [-0.3, -0.25) is 35.1 Å². The van der Waals surface area contributed by atoms with Crippen LogP contribution in [-0.2, 0) is 4.79 Å². The molecule has 1 heterocycles. The Balaban J connectivity index is 0.000000289. The standard InChI is InChI=1S/C8H10N2O.C6H3N3O7/c1-7(11)10(2)8-5-3-4-6-9-8;10-6-4(8(13)14)1-3(7(11)12)2-5(6)9(15)16/h3-6H,1-2H3;1-2,10H. The number of pyridine rings is 1. The number of benzene rings is 1. The first-order valence-corrected chi connectivity index (χ1v) is 7.01. The van der Waals surface area contributed by atoms with Gasteiger partial charge < -0.3 is 10.0 Å². The zero-order chi connectivity index (χ0) is 20.7. The van der Waals surface area contributed by atoms with Gasteiger partial charge in [0.15, 0.2) is 0 Å². The van der Waals surface area contributed by atoms with Crippen molar-refractivity contribution in [3.05, 3.63) is 66.9 Å². The van der Waals surface area contributed by atoms with Gasteiger partial charge in [-0.1, -0.05) is 6.07 Å². The molecule has 1 aromatic carbocycles. The van der Waals surface area contributed by atoms with E-state index in [4.69, 9.17) is 5.11 Å². The van der Waals surface area contributed by atoms with Crippen LogP contribution in [0.2, 0.25) is 0 Å². The SMILES string of the molecule is CC(=O)N(C)c1ccccn1.O=[N+]([O-])c1cc([N+](=O)[O-])c(O)c([N+](=O)[O-])c1. The van der Waals surface area contributed by atoms with Crippen molar-refractivity contribution in [3.8, 4) is 5.75 Å². The Morgan fingerprint density at radius 3 is 1.89 bits per heavy atom. The zero-order valence-electron chi connectivity index (χ0n) is 14.0. The fourth-order valence-electron chi connectivity index (χ4n) is 1.69. The van der Waals surface area contributed by atoms with Crippen LogP contribution >= 0.6 is 0 Å². The van der Waals surface area contributed by atoms with Gasteiger partial charge in [0.25, 0.3) is 11.4 Å². The van der Waals surface area contributed by atoms with Crippen LogP contribution < -0.4 is 4.90 Å². The van der Waals surface area contributed by atoms with E-state index >= 15 is 0 Å². The quantitative estimate of drug-likeness (QED) is 0.614. The summed E-state index contributed by atoms with van der Waals surface area (Å²) < 4.78 is 0. The van der Waals surface area contributed by atoms with E-state index in [1.54, 1.807) is 19.3 Å². The number of non-ortho nitro benzene ring substituents is 1. The van der Waals surface area contributed by atoms with E-state index in [1.807, 2.05) is 12.1 Å². The average molecular weight is 379 g/mol. The van der Waals surface area contributed by atoms with Crippen LogP contribution in [0.25, 0.3) is 0 Å². The summed E-state index contributed by atoms with van der Waals surface area (Å²) in [6.45, 7) is 1.51. The van der Waals surface area contributed by atoms with Crippen molar-refractivity contribution in [3.63, 3.8) is 0 Å². The molecule has 1 aromatic heterocycles. The third-order valence-electron chi connectivity index (χ3n) is 3.12. The molecule has 1 N–H and O–H groups in total. The van der Waals surface area contributed by atoms with Crippen molar-refractivity contribution in [2.45, 2.75) is 6.92 Å². The summed E-state index contributed by atoms with van der Waals surface area (Å²) in [5.74, 6) is -0.538. The van der Waals surface area contributed by atoms with Crippen LogP contribution in [-0.4, -0.2) is 37.8 Å². The number of carbonyl (C=O) groups excluding carboxylic acids is 1. The predicted octanol–water partition coefficient (Wildman–Crippen LogP) is 2.18. The summed E-state index contributed by atoms with van der Waals surface area (Å²) in [5.41, 5.74) is -3.00. The van der Waals surface area contributed by atoms with Gasteiger partial charge in [0, 0.05) is 20.2 Å². The van der Waals surface area contributed by atoms with E-state index in [-0.39, 0.29) is 5.91 Å². The Morgan fingerprint density at radius 2 is 1.56 bits per heavy atom. The molecule has 2 aromatic rings. The highest BCUT2D eigenvalue weighted by Gasteiger charge is 2.30. The molecule has 0 radical (unpaired) electrons. The lowest BCUT2D eigenvalue weighted by Gasteiger charge is -2.12. The monoisotopic (exact) mass is 379 g/mol. The number of rotatable bonds is 4. The van der Waals surface area contributed by atoms with Crippen LogP contribution in [0.15, 0.2) is 36.5 Å². The second kappa shape index (κ2) is 8.80. The summed E-state index contributed by atoms with van der Waals surface area (Å²) in [6.07, 6.45) is 1.66. The van der Waals surface area contributed by atoms with E-state index in [2.05, 4.69) is 4.98 Å². The Labute approximate surface area is 150 Å². The lowest BCUT2D eigenvalue weighted by atomic mass is 10.2. The molecule has 27 heavy (non-hydrogen) atoms. The fraction of sp³-hybridized carbons (Fsp3) is 0.143. The van der Waals surface area contributed by atoms with Gasteiger partial charge in [0.1, 0.15) is 5.82 Å². The normalized spacial score (nSPS) is 9.56. The van der Waals surface area contributed by atoms with E-state index in [0.717, 1.165) is 0 Å². The number of aromatic hydroxyl groups is 1. The lowest BCUT2D eigenvalue weighted by Crippen LogP contribution is -2.23. The highest BCUT2D eigenvalue weighted by molar-refractivity contribution is 5.89. The van der Waals surface area contributed by atoms with Gasteiger partial charge in [-0.15, -0.1) is 0 Å². The number of phenols is 1. The summed E-state index contributed by atoms with van der Waals surface area (Å²) in [4.78, 5) is 44.1. The number of nitro groups is 3. The molecule has 0 unspecified atom stereocenters. The smallest absolute Gasteiger partial charge is 0.324 e. The van der Waals surface area contributed by atoms with Gasteiger partial charge in [0.05, 0.1) is 26.9 Å². The minimum Gasteiger partial charge on any atom is -0.497 e. The van der Waals surface area contributed by atoms with Crippen LogP contribution in [0.1, 0.15) is 6.92 Å². The highest BCUT2D eigenvalue weighted by Crippen LogP contribution is 2.38. The minimum absolute atomic E-state index is 0.0105. The number of nitrogens with zero attached hydrogens (tertiary/aromatic N) is 5. The molecule has 0 aliphatic rings. The molecular formula is C14H13N5O8. The molecule has 0 saturated carbocycles. The molecule has 0 saturated heterocycles. The molecule has 13 nitrogen and oxygen atoms in total. The Kier molecular flexibility index (Phi) is 6.80. The first-order chi connectivity index (χ1) is 12.6. The van der Waals surface area contributed by atoms with Crippen molar-refractivity contribution in [2.75, 3.05) is 11.9 Å². The molecule has 0 fully saturated rings. The van der Waals surface area contributed by atoms with Crippen LogP contribution in [0.5, 0.6) is 5.75 Å². The number of amides is 1. The summed E-state index contributed by atoms with van der Waals surface area (Å²) >= 11 is 0. The number of phenolic OH excluding ortho intramolecular Hbond substituents is 1. The molecule has 142 valence electrons. The highest BCUT2D eigenvalue weighted by atomic mass is 16.6. The molecule has 0 spiro atoms. The molecular weight excluding hydrogens is 366 g/mol. The summed E-state index contributed by atoms with van der Waals surface area (Å²) in [6, 6.07) is 6.35. The predicted molar refractivity (Wildman–Crippen MR) is 91.4 cm³/mol. The Hall–Kier alpha value is -4.16. The van der Waals surface area contributed by atoms with Crippen LogP contribution in [0, 0.1) is 30.3 Å². The number of carbonyl (C=O) groups is 1. The third kappa shape index (κ3) is 5.42. The maximum absolute atomic E-state index is 10.8. The van der Waals surface area contributed by atoms with Crippen molar-refractivity contribution < 1.29 is 24.7 Å². The third-order valence-corrected chi connectivity index (χ3v) is 3.12. The van der Waals surface area contributed by atoms with E-state index in [0.29, 0.717) is 18.0 Å².